The average Bonchev–Trinajstić information content (AvgIpc) is 2.96. The number of benzene rings is 2. The number of rotatable bonds is 5. The third-order valence-electron chi connectivity index (χ3n) is 5.03. The summed E-state index contributed by atoms with van der Waals surface area (Å²) in [5, 5.41) is 0. The minimum absolute atomic E-state index is 0.114. The van der Waals surface area contributed by atoms with Gasteiger partial charge in [0.05, 0.1) is 19.1 Å². The van der Waals surface area contributed by atoms with Crippen molar-refractivity contribution >= 4 is 21.6 Å². The molecule has 7 heteroatoms. The van der Waals surface area contributed by atoms with Crippen molar-refractivity contribution in [2.45, 2.75) is 32.9 Å². The number of nitrogens with zero attached hydrogens (tertiary/aromatic N) is 2. The lowest BCUT2D eigenvalue weighted by Gasteiger charge is -2.22. The number of fused-ring (bicyclic) bond motifs is 1. The van der Waals surface area contributed by atoms with Crippen LogP contribution in [-0.2, 0) is 23.0 Å². The van der Waals surface area contributed by atoms with Crippen LogP contribution in [0.2, 0.25) is 0 Å². The Morgan fingerprint density at radius 2 is 1.96 bits per heavy atom. The van der Waals surface area contributed by atoms with E-state index in [-0.39, 0.29) is 11.9 Å². The fraction of sp³-hybridized carbons (Fsp3) is 0.381. The zero-order valence-electron chi connectivity index (χ0n) is 16.9. The Hall–Kier alpha value is -2.54. The predicted octanol–water partition coefficient (Wildman–Crippen LogP) is 2.99. The van der Waals surface area contributed by atoms with Crippen molar-refractivity contribution < 1.29 is 17.9 Å². The monoisotopic (exact) mass is 402 g/mol. The van der Waals surface area contributed by atoms with E-state index in [0.717, 1.165) is 22.4 Å². The van der Waals surface area contributed by atoms with Crippen molar-refractivity contribution in [1.82, 2.24) is 4.90 Å². The summed E-state index contributed by atoms with van der Waals surface area (Å²) in [6.45, 7) is 4.30. The van der Waals surface area contributed by atoms with Gasteiger partial charge in [0.15, 0.2) is 0 Å². The Balaban J connectivity index is 1.84. The number of hydrogen-bond donors (Lipinski definition) is 0. The molecule has 0 saturated carbocycles. The van der Waals surface area contributed by atoms with Gasteiger partial charge in [0, 0.05) is 30.8 Å². The number of hydrogen-bond acceptors (Lipinski definition) is 4. The van der Waals surface area contributed by atoms with Gasteiger partial charge in [0.25, 0.3) is 5.91 Å². The molecule has 0 spiro atoms. The number of sulfonamides is 1. The maximum atomic E-state index is 12.9. The van der Waals surface area contributed by atoms with E-state index in [1.165, 1.54) is 10.6 Å². The molecule has 1 aliphatic rings. The average molecular weight is 403 g/mol. The lowest BCUT2D eigenvalue weighted by Crippen LogP contribution is -2.34. The first-order valence-electron chi connectivity index (χ1n) is 9.13. The van der Waals surface area contributed by atoms with Crippen LogP contribution < -0.4 is 9.04 Å². The van der Waals surface area contributed by atoms with Crippen LogP contribution >= 0.6 is 0 Å². The molecule has 1 atom stereocenters. The lowest BCUT2D eigenvalue weighted by molar-refractivity contribution is 0.0784. The van der Waals surface area contributed by atoms with Crippen molar-refractivity contribution in [1.29, 1.82) is 0 Å². The quantitative estimate of drug-likeness (QED) is 0.771. The van der Waals surface area contributed by atoms with E-state index in [0.29, 0.717) is 24.2 Å². The number of carbonyl (C=O) groups excluding carboxylic acids is 1. The molecule has 1 aliphatic heterocycles. The largest absolute Gasteiger partial charge is 0.496 e. The molecule has 1 heterocycles. The minimum atomic E-state index is -3.34. The van der Waals surface area contributed by atoms with Gasteiger partial charge in [0.1, 0.15) is 5.75 Å². The number of aryl methyl sites for hydroxylation is 1. The number of anilines is 1. The van der Waals surface area contributed by atoms with Crippen LogP contribution in [0.5, 0.6) is 5.75 Å². The molecule has 0 radical (unpaired) electrons. The molecule has 0 saturated heterocycles. The van der Waals surface area contributed by atoms with Crippen molar-refractivity contribution in [3.63, 3.8) is 0 Å². The molecule has 0 N–H and O–H groups in total. The van der Waals surface area contributed by atoms with E-state index in [9.17, 15) is 13.2 Å². The van der Waals surface area contributed by atoms with Crippen LogP contribution in [-0.4, -0.2) is 45.7 Å². The third-order valence-corrected chi connectivity index (χ3v) is 6.30. The van der Waals surface area contributed by atoms with Gasteiger partial charge < -0.3 is 9.64 Å². The third kappa shape index (κ3) is 3.85. The van der Waals surface area contributed by atoms with Crippen LogP contribution in [0.3, 0.4) is 0 Å². The highest BCUT2D eigenvalue weighted by Gasteiger charge is 2.33. The molecular weight excluding hydrogens is 376 g/mol. The molecule has 1 unspecified atom stereocenters. The highest BCUT2D eigenvalue weighted by molar-refractivity contribution is 7.92. The summed E-state index contributed by atoms with van der Waals surface area (Å²) >= 11 is 0. The Kier molecular flexibility index (Phi) is 5.39. The van der Waals surface area contributed by atoms with E-state index in [1.54, 1.807) is 31.2 Å². The number of carbonyl (C=O) groups is 1. The summed E-state index contributed by atoms with van der Waals surface area (Å²) in [6.07, 6.45) is 1.81. The van der Waals surface area contributed by atoms with Gasteiger partial charge in [-0.3, -0.25) is 9.10 Å². The molecule has 0 fully saturated rings. The van der Waals surface area contributed by atoms with Crippen molar-refractivity contribution in [3.8, 4) is 5.75 Å². The first kappa shape index (κ1) is 20.2. The topological polar surface area (TPSA) is 66.9 Å². The summed E-state index contributed by atoms with van der Waals surface area (Å²) in [6, 6.07) is 11.0. The first-order valence-corrected chi connectivity index (χ1v) is 11.0. The normalized spacial score (nSPS) is 16.0. The van der Waals surface area contributed by atoms with Gasteiger partial charge >= 0.3 is 0 Å². The Morgan fingerprint density at radius 3 is 2.61 bits per heavy atom. The van der Waals surface area contributed by atoms with Gasteiger partial charge in [-0.1, -0.05) is 17.7 Å². The molecule has 0 aromatic heterocycles. The summed E-state index contributed by atoms with van der Waals surface area (Å²) in [5.41, 5.74) is 4.13. The number of methoxy groups -OCH3 is 1. The van der Waals surface area contributed by atoms with E-state index >= 15 is 0 Å². The highest BCUT2D eigenvalue weighted by atomic mass is 32.2. The molecule has 2 aromatic rings. The van der Waals surface area contributed by atoms with E-state index in [1.807, 2.05) is 38.1 Å². The SMILES string of the molecule is COc1ccc(C)cc1CN(C)C(=O)c1ccc2c(c1)CC(C)N2S(C)(=O)=O. The first-order chi connectivity index (χ1) is 13.1. The maximum Gasteiger partial charge on any atom is 0.253 e. The Labute approximate surface area is 166 Å². The predicted molar refractivity (Wildman–Crippen MR) is 110 cm³/mol. The molecule has 0 aliphatic carbocycles. The standard InChI is InChI=1S/C21H26N2O4S/c1-14-6-9-20(27-4)18(10-14)13-22(3)21(24)16-7-8-19-17(12-16)11-15(2)23(19)28(5,25)26/h6-10,12,15H,11,13H2,1-5H3. The van der Waals surface area contributed by atoms with Gasteiger partial charge in [-0.25, -0.2) is 8.42 Å². The van der Waals surface area contributed by atoms with Gasteiger partial charge in [-0.05, 0) is 50.1 Å². The van der Waals surface area contributed by atoms with Crippen LogP contribution in [0, 0.1) is 6.92 Å². The molecule has 28 heavy (non-hydrogen) atoms. The molecule has 6 nitrogen and oxygen atoms in total. The second-order valence-corrected chi connectivity index (χ2v) is 9.29. The zero-order valence-corrected chi connectivity index (χ0v) is 17.7. The minimum Gasteiger partial charge on any atom is -0.496 e. The molecule has 2 aromatic carbocycles. The van der Waals surface area contributed by atoms with Gasteiger partial charge in [-0.2, -0.15) is 0 Å². The highest BCUT2D eigenvalue weighted by Crippen LogP contribution is 2.35. The van der Waals surface area contributed by atoms with Gasteiger partial charge in [-0.15, -0.1) is 0 Å². The Bertz CT molecular complexity index is 1020. The van der Waals surface area contributed by atoms with E-state index in [4.69, 9.17) is 4.74 Å². The van der Waals surface area contributed by atoms with Crippen LogP contribution in [0.25, 0.3) is 0 Å². The number of amides is 1. The molecule has 1 amide bonds. The second-order valence-electron chi connectivity index (χ2n) is 7.43. The van der Waals surface area contributed by atoms with Crippen molar-refractivity contribution in [2.24, 2.45) is 0 Å². The van der Waals surface area contributed by atoms with Crippen molar-refractivity contribution in [3.05, 3.63) is 58.7 Å². The maximum absolute atomic E-state index is 12.9. The van der Waals surface area contributed by atoms with Crippen LogP contribution in [0.1, 0.15) is 34.0 Å². The van der Waals surface area contributed by atoms with Crippen molar-refractivity contribution in [2.75, 3.05) is 24.7 Å². The smallest absolute Gasteiger partial charge is 0.253 e. The fourth-order valence-corrected chi connectivity index (χ4v) is 5.08. The van der Waals surface area contributed by atoms with Crippen LogP contribution in [0.4, 0.5) is 5.69 Å². The summed E-state index contributed by atoms with van der Waals surface area (Å²) in [5.74, 6) is 0.633. The molecule has 0 bridgehead atoms. The van der Waals surface area contributed by atoms with Crippen LogP contribution in [0.15, 0.2) is 36.4 Å². The summed E-state index contributed by atoms with van der Waals surface area (Å²) in [7, 11) is 0.0260. The van der Waals surface area contributed by atoms with E-state index in [2.05, 4.69) is 0 Å². The fourth-order valence-electron chi connectivity index (χ4n) is 3.82. The Morgan fingerprint density at radius 1 is 1.25 bits per heavy atom. The van der Waals surface area contributed by atoms with Gasteiger partial charge in [0.2, 0.25) is 10.0 Å². The molecular formula is C21H26N2O4S. The lowest BCUT2D eigenvalue weighted by atomic mass is 10.1. The second kappa shape index (κ2) is 7.47. The molecule has 150 valence electrons. The molecule has 3 rings (SSSR count). The summed E-state index contributed by atoms with van der Waals surface area (Å²) in [4.78, 5) is 14.6. The zero-order chi connectivity index (χ0) is 20.6. The number of ether oxygens (including phenoxy) is 1. The van der Waals surface area contributed by atoms with E-state index < -0.39 is 10.0 Å². The summed E-state index contributed by atoms with van der Waals surface area (Å²) < 4.78 is 31.0.